The van der Waals surface area contributed by atoms with E-state index in [4.69, 9.17) is 5.73 Å². The van der Waals surface area contributed by atoms with Crippen LogP contribution in [0.15, 0.2) is 12.1 Å². The van der Waals surface area contributed by atoms with Crippen LogP contribution in [0.25, 0.3) is 0 Å². The molecule has 1 aliphatic carbocycles. The van der Waals surface area contributed by atoms with Crippen LogP contribution in [0.5, 0.6) is 0 Å². The second kappa shape index (κ2) is 3.38. The van der Waals surface area contributed by atoms with Gasteiger partial charge in [-0.05, 0) is 25.0 Å². The maximum Gasteiger partial charge on any atom is 0.411 e. The molecule has 3 nitrogen and oxygen atoms in total. The zero-order valence-corrected chi connectivity index (χ0v) is 8.91. The van der Waals surface area contributed by atoms with Gasteiger partial charge in [-0.25, -0.2) is 0 Å². The SMILES string of the molecule is Nc1ccc(C(=O)NC2(C(F)(F)F)CC2)s1. The predicted molar refractivity (Wildman–Crippen MR) is 54.2 cm³/mol. The third-order valence-corrected chi connectivity index (χ3v) is 3.41. The first-order valence-electron chi connectivity index (χ1n) is 4.59. The quantitative estimate of drug-likeness (QED) is 0.845. The summed E-state index contributed by atoms with van der Waals surface area (Å²) in [6.45, 7) is 0. The molecule has 1 saturated carbocycles. The van der Waals surface area contributed by atoms with E-state index in [1.165, 1.54) is 12.1 Å². The van der Waals surface area contributed by atoms with Crippen LogP contribution in [0.1, 0.15) is 22.5 Å². The number of nitrogens with one attached hydrogen (secondary N) is 1. The zero-order chi connectivity index (χ0) is 12.0. The lowest BCUT2D eigenvalue weighted by Crippen LogP contribution is -2.47. The summed E-state index contributed by atoms with van der Waals surface area (Å²) in [5, 5.41) is 2.43. The number of rotatable bonds is 2. The van der Waals surface area contributed by atoms with Gasteiger partial charge < -0.3 is 11.1 Å². The highest BCUT2D eigenvalue weighted by Gasteiger charge is 2.64. The van der Waals surface area contributed by atoms with E-state index in [-0.39, 0.29) is 17.7 Å². The van der Waals surface area contributed by atoms with Gasteiger partial charge in [0.25, 0.3) is 5.91 Å². The summed E-state index contributed by atoms with van der Waals surface area (Å²) in [7, 11) is 0. The van der Waals surface area contributed by atoms with E-state index in [0.29, 0.717) is 5.00 Å². The number of halogens is 3. The zero-order valence-electron chi connectivity index (χ0n) is 8.10. The Labute approximate surface area is 93.4 Å². The number of nitrogen functional groups attached to an aromatic ring is 1. The van der Waals surface area contributed by atoms with Gasteiger partial charge in [0.15, 0.2) is 0 Å². The molecule has 2 rings (SSSR count). The van der Waals surface area contributed by atoms with Gasteiger partial charge in [-0.15, -0.1) is 11.3 Å². The number of hydrogen-bond acceptors (Lipinski definition) is 3. The lowest BCUT2D eigenvalue weighted by Gasteiger charge is -2.20. The van der Waals surface area contributed by atoms with Crippen molar-refractivity contribution in [2.75, 3.05) is 5.73 Å². The fraction of sp³-hybridized carbons (Fsp3) is 0.444. The maximum absolute atomic E-state index is 12.5. The van der Waals surface area contributed by atoms with E-state index >= 15 is 0 Å². The Morgan fingerprint density at radius 2 is 2.06 bits per heavy atom. The average Bonchev–Trinajstić information content (AvgIpc) is 2.81. The molecule has 88 valence electrons. The van der Waals surface area contributed by atoms with Crippen molar-refractivity contribution < 1.29 is 18.0 Å². The molecular formula is C9H9F3N2OS. The molecule has 0 aromatic carbocycles. The number of anilines is 1. The first kappa shape index (κ1) is 11.3. The van der Waals surface area contributed by atoms with Crippen LogP contribution in [0, 0.1) is 0 Å². The van der Waals surface area contributed by atoms with Crippen molar-refractivity contribution in [1.29, 1.82) is 0 Å². The molecule has 1 aromatic heterocycles. The minimum absolute atomic E-state index is 0.0525. The molecular weight excluding hydrogens is 241 g/mol. The molecule has 0 unspecified atom stereocenters. The second-order valence-corrected chi connectivity index (χ2v) is 4.85. The van der Waals surface area contributed by atoms with Gasteiger partial charge >= 0.3 is 6.18 Å². The lowest BCUT2D eigenvalue weighted by molar-refractivity contribution is -0.163. The Hall–Kier alpha value is -1.24. The molecule has 0 bridgehead atoms. The van der Waals surface area contributed by atoms with Crippen LogP contribution >= 0.6 is 11.3 Å². The summed E-state index contributed by atoms with van der Waals surface area (Å²) in [5.74, 6) is -0.712. The largest absolute Gasteiger partial charge is 0.411 e. The summed E-state index contributed by atoms with van der Waals surface area (Å²) in [6.07, 6.45) is -4.49. The van der Waals surface area contributed by atoms with Gasteiger partial charge in [-0.3, -0.25) is 4.79 Å². The fourth-order valence-electron chi connectivity index (χ4n) is 1.36. The Morgan fingerprint density at radius 3 is 2.44 bits per heavy atom. The van der Waals surface area contributed by atoms with Crippen molar-refractivity contribution in [2.45, 2.75) is 24.6 Å². The third-order valence-electron chi connectivity index (χ3n) is 2.50. The van der Waals surface area contributed by atoms with Crippen LogP contribution in [-0.2, 0) is 0 Å². The van der Waals surface area contributed by atoms with Gasteiger partial charge in [-0.1, -0.05) is 0 Å². The number of nitrogens with two attached hydrogens (primary N) is 1. The summed E-state index contributed by atoms with van der Waals surface area (Å²) >= 11 is 0.973. The molecule has 16 heavy (non-hydrogen) atoms. The minimum atomic E-state index is -4.38. The number of alkyl halides is 3. The first-order chi connectivity index (χ1) is 7.34. The molecule has 1 aliphatic rings. The summed E-state index contributed by atoms with van der Waals surface area (Å²) in [4.78, 5) is 11.7. The maximum atomic E-state index is 12.5. The van der Waals surface area contributed by atoms with Gasteiger partial charge in [0, 0.05) is 0 Å². The van der Waals surface area contributed by atoms with Gasteiger partial charge in [0.2, 0.25) is 0 Å². The van der Waals surface area contributed by atoms with Crippen molar-refractivity contribution >= 4 is 22.2 Å². The highest BCUT2D eigenvalue weighted by molar-refractivity contribution is 7.17. The Kier molecular flexibility index (Phi) is 2.37. The molecule has 0 atom stereocenters. The predicted octanol–water partition coefficient (Wildman–Crippen LogP) is 2.16. The van der Waals surface area contributed by atoms with Gasteiger partial charge in [0.1, 0.15) is 5.54 Å². The van der Waals surface area contributed by atoms with Crippen LogP contribution in [0.2, 0.25) is 0 Å². The van der Waals surface area contributed by atoms with Gasteiger partial charge in [0.05, 0.1) is 9.88 Å². The second-order valence-electron chi connectivity index (χ2n) is 3.74. The standard InChI is InChI=1S/C9H9F3N2OS/c10-9(11,12)8(3-4-8)14-7(15)5-1-2-6(13)16-5/h1-2H,3-4,13H2,(H,14,15). The van der Waals surface area contributed by atoms with Crippen molar-refractivity contribution in [3.63, 3.8) is 0 Å². The van der Waals surface area contributed by atoms with Crippen molar-refractivity contribution in [3.05, 3.63) is 17.0 Å². The summed E-state index contributed by atoms with van der Waals surface area (Å²) < 4.78 is 37.6. The molecule has 3 N–H and O–H groups in total. The molecule has 0 aliphatic heterocycles. The highest BCUT2D eigenvalue weighted by Crippen LogP contribution is 2.49. The van der Waals surface area contributed by atoms with E-state index in [0.717, 1.165) is 11.3 Å². The monoisotopic (exact) mass is 250 g/mol. The van der Waals surface area contributed by atoms with Crippen molar-refractivity contribution in [3.8, 4) is 0 Å². The average molecular weight is 250 g/mol. The summed E-state index contributed by atoms with van der Waals surface area (Å²) in [6, 6.07) is 2.91. The number of thiophene rings is 1. The van der Waals surface area contributed by atoms with Crippen molar-refractivity contribution in [2.24, 2.45) is 0 Å². The third kappa shape index (κ3) is 1.87. The lowest BCUT2D eigenvalue weighted by atomic mass is 10.2. The molecule has 0 radical (unpaired) electrons. The topological polar surface area (TPSA) is 55.1 Å². The normalized spacial score (nSPS) is 18.2. The van der Waals surface area contributed by atoms with Gasteiger partial charge in [-0.2, -0.15) is 13.2 Å². The first-order valence-corrected chi connectivity index (χ1v) is 5.40. The smallest absolute Gasteiger partial charge is 0.391 e. The summed E-state index contributed by atoms with van der Waals surface area (Å²) in [5.41, 5.74) is 3.39. The Balaban J connectivity index is 2.09. The van der Waals surface area contributed by atoms with Crippen LogP contribution in [0.3, 0.4) is 0 Å². The highest BCUT2D eigenvalue weighted by atomic mass is 32.1. The molecule has 1 amide bonds. The van der Waals surface area contributed by atoms with Crippen molar-refractivity contribution in [1.82, 2.24) is 5.32 Å². The van der Waals surface area contributed by atoms with Crippen LogP contribution in [-0.4, -0.2) is 17.6 Å². The minimum Gasteiger partial charge on any atom is -0.391 e. The number of carbonyl (C=O) groups excluding carboxylic acids is 1. The Bertz CT molecular complexity index is 423. The molecule has 1 aromatic rings. The fourth-order valence-corrected chi connectivity index (χ4v) is 2.03. The molecule has 0 saturated heterocycles. The number of hydrogen-bond donors (Lipinski definition) is 2. The van der Waals surface area contributed by atoms with E-state index in [1.807, 2.05) is 5.32 Å². The van der Waals surface area contributed by atoms with E-state index in [1.54, 1.807) is 0 Å². The Morgan fingerprint density at radius 1 is 1.44 bits per heavy atom. The molecule has 7 heteroatoms. The molecule has 0 spiro atoms. The number of amides is 1. The molecule has 1 heterocycles. The van der Waals surface area contributed by atoms with Crippen LogP contribution in [0.4, 0.5) is 18.2 Å². The number of carbonyl (C=O) groups is 1. The van der Waals surface area contributed by atoms with E-state index in [9.17, 15) is 18.0 Å². The van der Waals surface area contributed by atoms with E-state index in [2.05, 4.69) is 0 Å². The van der Waals surface area contributed by atoms with Crippen LogP contribution < -0.4 is 11.1 Å². The van der Waals surface area contributed by atoms with E-state index < -0.39 is 17.6 Å². The molecule has 1 fully saturated rings.